The van der Waals surface area contributed by atoms with E-state index in [0.717, 1.165) is 6.54 Å². The molecule has 1 fully saturated rings. The van der Waals surface area contributed by atoms with E-state index in [9.17, 15) is 0 Å². The van der Waals surface area contributed by atoms with Crippen LogP contribution in [0.15, 0.2) is 48.2 Å². The summed E-state index contributed by atoms with van der Waals surface area (Å²) < 4.78 is 0. The molecule has 0 amide bonds. The normalized spacial score (nSPS) is 18.4. The molecule has 1 heterocycles. The molecule has 1 saturated heterocycles. The molecule has 114 valence electrons. The summed E-state index contributed by atoms with van der Waals surface area (Å²) in [5, 5.41) is 0. The van der Waals surface area contributed by atoms with Crippen LogP contribution in [0.25, 0.3) is 0 Å². The Kier molecular flexibility index (Phi) is 7.35. The van der Waals surface area contributed by atoms with Crippen LogP contribution in [-0.4, -0.2) is 17.5 Å². The predicted octanol–water partition coefficient (Wildman–Crippen LogP) is 5.33. The monoisotopic (exact) mass is 283 g/mol. The summed E-state index contributed by atoms with van der Waals surface area (Å²) >= 11 is 0. The molecule has 2 rings (SSSR count). The Morgan fingerprint density at radius 1 is 1.19 bits per heavy atom. The van der Waals surface area contributed by atoms with Crippen LogP contribution in [-0.2, 0) is 6.54 Å². The van der Waals surface area contributed by atoms with Crippen molar-refractivity contribution in [3.63, 3.8) is 0 Å². The van der Waals surface area contributed by atoms with Crippen molar-refractivity contribution in [1.82, 2.24) is 4.90 Å². The van der Waals surface area contributed by atoms with E-state index in [-0.39, 0.29) is 0 Å². The summed E-state index contributed by atoms with van der Waals surface area (Å²) in [6, 6.07) is 11.4. The lowest BCUT2D eigenvalue weighted by molar-refractivity contribution is 0.281. The lowest BCUT2D eigenvalue weighted by Gasteiger charge is -2.21. The second-order valence-electron chi connectivity index (χ2n) is 6.05. The van der Waals surface area contributed by atoms with Crippen molar-refractivity contribution in [2.75, 3.05) is 6.54 Å². The fourth-order valence-corrected chi connectivity index (χ4v) is 2.99. The van der Waals surface area contributed by atoms with Crippen molar-refractivity contribution in [2.24, 2.45) is 0 Å². The molecule has 21 heavy (non-hydrogen) atoms. The third-order valence-electron chi connectivity index (χ3n) is 4.25. The zero-order valence-electron chi connectivity index (χ0n) is 13.4. The molecule has 1 atom stereocenters. The molecule has 1 unspecified atom stereocenters. The van der Waals surface area contributed by atoms with Gasteiger partial charge in [0.2, 0.25) is 0 Å². The topological polar surface area (TPSA) is 3.24 Å². The highest BCUT2D eigenvalue weighted by Gasteiger charge is 2.21. The molecule has 1 aromatic carbocycles. The number of hydrogen-bond donors (Lipinski definition) is 0. The minimum Gasteiger partial charge on any atom is -0.292 e. The minimum absolute atomic E-state index is 0.581. The van der Waals surface area contributed by atoms with Gasteiger partial charge in [-0.1, -0.05) is 56.5 Å². The first-order valence-corrected chi connectivity index (χ1v) is 8.59. The molecular formula is C20H29N. The standard InChI is InChI=1S/C20H29N/c1-2-3-4-5-6-7-11-15-20-16-12-17-21(20)18-19-13-9-8-10-14-19/h7-10,13-15,20H,2-6,12,16-18H2,1H3. The fourth-order valence-electron chi connectivity index (χ4n) is 2.99. The van der Waals surface area contributed by atoms with Crippen LogP contribution in [0.3, 0.4) is 0 Å². The molecule has 1 aliphatic rings. The van der Waals surface area contributed by atoms with Gasteiger partial charge in [0.1, 0.15) is 0 Å². The highest BCUT2D eigenvalue weighted by Crippen LogP contribution is 2.20. The van der Waals surface area contributed by atoms with E-state index >= 15 is 0 Å². The quantitative estimate of drug-likeness (QED) is 0.460. The molecule has 0 aliphatic carbocycles. The largest absolute Gasteiger partial charge is 0.292 e. The van der Waals surface area contributed by atoms with Gasteiger partial charge in [-0.25, -0.2) is 0 Å². The number of unbranched alkanes of at least 4 members (excludes halogenated alkanes) is 4. The van der Waals surface area contributed by atoms with Crippen LogP contribution in [0.4, 0.5) is 0 Å². The maximum absolute atomic E-state index is 3.43. The minimum atomic E-state index is 0.581. The van der Waals surface area contributed by atoms with Crippen LogP contribution in [0.1, 0.15) is 57.4 Å². The van der Waals surface area contributed by atoms with Crippen LogP contribution in [0, 0.1) is 0 Å². The Labute approximate surface area is 130 Å². The summed E-state index contributed by atoms with van der Waals surface area (Å²) in [5.41, 5.74) is 4.85. The van der Waals surface area contributed by atoms with E-state index in [1.54, 1.807) is 0 Å². The van der Waals surface area contributed by atoms with Crippen LogP contribution in [0.2, 0.25) is 0 Å². The van der Waals surface area contributed by atoms with E-state index in [1.165, 1.54) is 57.1 Å². The lowest BCUT2D eigenvalue weighted by Crippen LogP contribution is -2.26. The smallest absolute Gasteiger partial charge is 0.0356 e. The Bertz CT molecular complexity index is 442. The molecular weight excluding hydrogens is 254 g/mol. The Morgan fingerprint density at radius 3 is 2.86 bits per heavy atom. The molecule has 0 saturated carbocycles. The fraction of sp³-hybridized carbons (Fsp3) is 0.550. The number of nitrogens with zero attached hydrogens (tertiary/aromatic N) is 1. The molecule has 0 radical (unpaired) electrons. The van der Waals surface area contributed by atoms with Gasteiger partial charge >= 0.3 is 0 Å². The van der Waals surface area contributed by atoms with Crippen molar-refractivity contribution < 1.29 is 0 Å². The number of likely N-dealkylation sites (tertiary alicyclic amines) is 1. The van der Waals surface area contributed by atoms with Gasteiger partial charge in [-0.05, 0) is 49.9 Å². The second-order valence-corrected chi connectivity index (χ2v) is 6.05. The van der Waals surface area contributed by atoms with Gasteiger partial charge in [0, 0.05) is 12.6 Å². The van der Waals surface area contributed by atoms with E-state index in [1.807, 2.05) is 0 Å². The van der Waals surface area contributed by atoms with Crippen molar-refractivity contribution in [1.29, 1.82) is 0 Å². The van der Waals surface area contributed by atoms with E-state index < -0.39 is 0 Å². The Balaban J connectivity index is 1.77. The van der Waals surface area contributed by atoms with Gasteiger partial charge in [0.15, 0.2) is 0 Å². The zero-order valence-corrected chi connectivity index (χ0v) is 13.4. The van der Waals surface area contributed by atoms with Crippen molar-refractivity contribution in [3.05, 3.63) is 53.8 Å². The highest BCUT2D eigenvalue weighted by molar-refractivity contribution is 5.15. The first kappa shape index (κ1) is 16.1. The average molecular weight is 283 g/mol. The van der Waals surface area contributed by atoms with Gasteiger partial charge in [0.25, 0.3) is 0 Å². The molecule has 0 spiro atoms. The third-order valence-corrected chi connectivity index (χ3v) is 4.25. The molecule has 1 aromatic rings. The molecule has 1 aliphatic heterocycles. The van der Waals surface area contributed by atoms with E-state index in [0.29, 0.717) is 6.04 Å². The number of benzene rings is 1. The maximum Gasteiger partial charge on any atom is 0.0356 e. The van der Waals surface area contributed by atoms with Crippen molar-refractivity contribution in [3.8, 4) is 0 Å². The summed E-state index contributed by atoms with van der Waals surface area (Å²) in [6.45, 7) is 4.55. The number of hydrogen-bond acceptors (Lipinski definition) is 1. The molecule has 1 heteroatoms. The SMILES string of the molecule is CCCCCCC=C=CC1CCCN1Cc1ccccc1. The summed E-state index contributed by atoms with van der Waals surface area (Å²) in [6.07, 6.45) is 13.6. The van der Waals surface area contributed by atoms with Crippen LogP contribution >= 0.6 is 0 Å². The summed E-state index contributed by atoms with van der Waals surface area (Å²) in [5.74, 6) is 0. The number of rotatable bonds is 8. The van der Waals surface area contributed by atoms with Gasteiger partial charge < -0.3 is 0 Å². The van der Waals surface area contributed by atoms with Gasteiger partial charge in [-0.3, -0.25) is 4.90 Å². The summed E-state index contributed by atoms with van der Waals surface area (Å²) in [4.78, 5) is 2.58. The average Bonchev–Trinajstić information content (AvgIpc) is 2.95. The highest BCUT2D eigenvalue weighted by atomic mass is 15.2. The molecule has 0 bridgehead atoms. The van der Waals surface area contributed by atoms with Crippen LogP contribution < -0.4 is 0 Å². The predicted molar refractivity (Wildman–Crippen MR) is 91.3 cm³/mol. The first-order valence-electron chi connectivity index (χ1n) is 8.59. The lowest BCUT2D eigenvalue weighted by atomic mass is 10.1. The Hall–Kier alpha value is -1.30. The zero-order chi connectivity index (χ0) is 14.8. The molecule has 0 N–H and O–H groups in total. The Morgan fingerprint density at radius 2 is 2.05 bits per heavy atom. The maximum atomic E-state index is 3.43. The van der Waals surface area contributed by atoms with Gasteiger partial charge in [0.05, 0.1) is 0 Å². The van der Waals surface area contributed by atoms with Gasteiger partial charge in [-0.2, -0.15) is 0 Å². The second kappa shape index (κ2) is 9.60. The molecule has 0 aromatic heterocycles. The van der Waals surface area contributed by atoms with Crippen LogP contribution in [0.5, 0.6) is 0 Å². The first-order chi connectivity index (χ1) is 10.4. The third kappa shape index (κ3) is 5.91. The van der Waals surface area contributed by atoms with E-state index in [4.69, 9.17) is 0 Å². The summed E-state index contributed by atoms with van der Waals surface area (Å²) in [7, 11) is 0. The van der Waals surface area contributed by atoms with Gasteiger partial charge in [-0.15, -0.1) is 5.73 Å². The van der Waals surface area contributed by atoms with E-state index in [2.05, 4.69) is 60.0 Å². The van der Waals surface area contributed by atoms with Crippen molar-refractivity contribution in [2.45, 2.75) is 64.5 Å². The van der Waals surface area contributed by atoms with Crippen molar-refractivity contribution >= 4 is 0 Å². The molecule has 1 nitrogen and oxygen atoms in total.